The van der Waals surface area contributed by atoms with Crippen LogP contribution in [0.4, 0.5) is 24.8 Å². The lowest BCUT2D eigenvalue weighted by atomic mass is 10.0. The lowest BCUT2D eigenvalue weighted by Gasteiger charge is -2.15. The molecule has 0 saturated carbocycles. The summed E-state index contributed by atoms with van der Waals surface area (Å²) in [5.41, 5.74) is 0.161. The fourth-order valence-corrected chi connectivity index (χ4v) is 1.71. The van der Waals surface area contributed by atoms with Gasteiger partial charge in [0.1, 0.15) is 11.7 Å². The quantitative estimate of drug-likeness (QED) is 0.699. The van der Waals surface area contributed by atoms with Crippen LogP contribution in [-0.2, 0) is 0 Å². The zero-order valence-corrected chi connectivity index (χ0v) is 8.36. The zero-order valence-electron chi connectivity index (χ0n) is 8.36. The van der Waals surface area contributed by atoms with Gasteiger partial charge in [0.2, 0.25) is 0 Å². The number of aromatic nitrogens is 2. The van der Waals surface area contributed by atoms with Crippen molar-refractivity contribution < 1.29 is 13.2 Å². The van der Waals surface area contributed by atoms with Gasteiger partial charge in [0.05, 0.1) is 5.56 Å². The van der Waals surface area contributed by atoms with E-state index in [4.69, 9.17) is 0 Å². The van der Waals surface area contributed by atoms with Crippen LogP contribution in [0.15, 0.2) is 12.7 Å². The van der Waals surface area contributed by atoms with E-state index in [9.17, 15) is 13.2 Å². The minimum absolute atomic E-state index is 0.154. The molecule has 16 heavy (non-hydrogen) atoms. The molecule has 0 aliphatic carbocycles. The molecule has 1 aliphatic rings. The van der Waals surface area contributed by atoms with Gasteiger partial charge in [-0.1, -0.05) is 6.08 Å². The number of aromatic amines is 1. The number of nitrogens with one attached hydrogen (secondary N) is 3. The summed E-state index contributed by atoms with van der Waals surface area (Å²) >= 11 is 0. The van der Waals surface area contributed by atoms with Crippen LogP contribution in [0.1, 0.15) is 11.5 Å². The van der Waals surface area contributed by atoms with Gasteiger partial charge in [-0.3, -0.25) is 5.10 Å². The van der Waals surface area contributed by atoms with Gasteiger partial charge in [0, 0.05) is 13.1 Å². The molecule has 0 bridgehead atoms. The smallest absolute Gasteiger partial charge is 0.367 e. The monoisotopic (exact) mass is 232 g/mol. The highest BCUT2D eigenvalue weighted by Gasteiger charge is 2.47. The lowest BCUT2D eigenvalue weighted by Crippen LogP contribution is -2.23. The molecule has 0 amide bonds. The third kappa shape index (κ3) is 1.72. The predicted octanol–water partition coefficient (Wildman–Crippen LogP) is 2.08. The topological polar surface area (TPSA) is 52.7 Å². The van der Waals surface area contributed by atoms with E-state index in [1.54, 1.807) is 6.08 Å². The molecule has 0 fully saturated rings. The van der Waals surface area contributed by atoms with Crippen LogP contribution in [0.2, 0.25) is 0 Å². The largest absolute Gasteiger partial charge is 0.397 e. The van der Waals surface area contributed by atoms with Crippen molar-refractivity contribution in [3.8, 4) is 0 Å². The predicted molar refractivity (Wildman–Crippen MR) is 54.6 cm³/mol. The molecule has 2 rings (SSSR count). The number of fused-ring (bicyclic) bond motifs is 1. The maximum Gasteiger partial charge on any atom is 0.397 e. The first-order chi connectivity index (χ1) is 7.54. The minimum atomic E-state index is -4.26. The van der Waals surface area contributed by atoms with E-state index in [0.29, 0.717) is 12.4 Å². The van der Waals surface area contributed by atoms with Crippen molar-refractivity contribution in [2.45, 2.75) is 12.1 Å². The van der Waals surface area contributed by atoms with Crippen molar-refractivity contribution in [1.82, 2.24) is 10.2 Å². The second kappa shape index (κ2) is 3.73. The zero-order chi connectivity index (χ0) is 11.8. The van der Waals surface area contributed by atoms with Crippen LogP contribution >= 0.6 is 0 Å². The van der Waals surface area contributed by atoms with Gasteiger partial charge in [-0.15, -0.1) is 6.58 Å². The Labute approximate surface area is 89.9 Å². The van der Waals surface area contributed by atoms with E-state index in [2.05, 4.69) is 27.4 Å². The second-order valence-corrected chi connectivity index (χ2v) is 3.51. The number of halogens is 3. The molecule has 0 radical (unpaired) electrons. The van der Waals surface area contributed by atoms with Crippen LogP contribution in [0.3, 0.4) is 0 Å². The first kappa shape index (κ1) is 10.8. The first-order valence-corrected chi connectivity index (χ1v) is 4.77. The molecule has 2 heterocycles. The Morgan fingerprint density at radius 1 is 1.56 bits per heavy atom. The van der Waals surface area contributed by atoms with E-state index >= 15 is 0 Å². The minimum Gasteiger partial charge on any atom is -0.367 e. The highest BCUT2D eigenvalue weighted by molar-refractivity contribution is 5.64. The summed E-state index contributed by atoms with van der Waals surface area (Å²) in [5, 5.41) is 11.7. The molecule has 1 aliphatic heterocycles. The van der Waals surface area contributed by atoms with Crippen molar-refractivity contribution in [2.75, 3.05) is 23.7 Å². The highest BCUT2D eigenvalue weighted by atomic mass is 19.4. The maximum absolute atomic E-state index is 12.7. The molecule has 1 aromatic heterocycles. The van der Waals surface area contributed by atoms with Crippen molar-refractivity contribution in [2.24, 2.45) is 0 Å². The summed E-state index contributed by atoms with van der Waals surface area (Å²) in [7, 11) is 0. The summed E-state index contributed by atoms with van der Waals surface area (Å²) in [6.07, 6.45) is -2.69. The Morgan fingerprint density at radius 3 is 2.94 bits per heavy atom. The van der Waals surface area contributed by atoms with Crippen LogP contribution in [0, 0.1) is 0 Å². The molecule has 0 aromatic carbocycles. The van der Waals surface area contributed by atoms with Crippen molar-refractivity contribution in [3.05, 3.63) is 18.2 Å². The molecule has 7 heteroatoms. The molecular formula is C9H11F3N4. The second-order valence-electron chi connectivity index (χ2n) is 3.51. The Hall–Kier alpha value is -1.66. The average molecular weight is 232 g/mol. The number of hydrogen-bond donors (Lipinski definition) is 3. The lowest BCUT2D eigenvalue weighted by molar-refractivity contribution is -0.145. The van der Waals surface area contributed by atoms with Crippen molar-refractivity contribution in [1.29, 1.82) is 0 Å². The Kier molecular flexibility index (Phi) is 2.53. The fourth-order valence-electron chi connectivity index (χ4n) is 1.71. The summed E-state index contributed by atoms with van der Waals surface area (Å²) in [6, 6.07) is 0. The first-order valence-electron chi connectivity index (χ1n) is 4.77. The number of rotatable bonds is 3. The summed E-state index contributed by atoms with van der Waals surface area (Å²) < 4.78 is 38.1. The van der Waals surface area contributed by atoms with Gasteiger partial charge < -0.3 is 10.6 Å². The SMILES string of the molecule is C=CCNc1[nH]nc2c1C(C(F)(F)F)CN2. The van der Waals surface area contributed by atoms with Gasteiger partial charge in [-0.05, 0) is 0 Å². The Morgan fingerprint density at radius 2 is 2.31 bits per heavy atom. The van der Waals surface area contributed by atoms with Gasteiger partial charge in [-0.2, -0.15) is 18.3 Å². The summed E-state index contributed by atoms with van der Waals surface area (Å²) in [6.45, 7) is 3.72. The summed E-state index contributed by atoms with van der Waals surface area (Å²) in [4.78, 5) is 0. The van der Waals surface area contributed by atoms with Gasteiger partial charge in [0.15, 0.2) is 5.82 Å². The number of H-pyrrole nitrogens is 1. The molecule has 1 atom stereocenters. The number of alkyl halides is 3. The molecule has 1 aromatic rings. The van der Waals surface area contributed by atoms with E-state index in [-0.39, 0.29) is 17.9 Å². The van der Waals surface area contributed by atoms with Gasteiger partial charge in [-0.25, -0.2) is 0 Å². The average Bonchev–Trinajstić information content (AvgIpc) is 2.73. The molecule has 0 spiro atoms. The van der Waals surface area contributed by atoms with Crippen LogP contribution in [0.5, 0.6) is 0 Å². The fraction of sp³-hybridized carbons (Fsp3) is 0.444. The molecule has 1 unspecified atom stereocenters. The van der Waals surface area contributed by atoms with E-state index in [1.807, 2.05) is 0 Å². The number of nitrogens with zero attached hydrogens (tertiary/aromatic N) is 1. The van der Waals surface area contributed by atoms with Crippen LogP contribution in [-0.4, -0.2) is 29.5 Å². The summed E-state index contributed by atoms with van der Waals surface area (Å²) in [5.74, 6) is -0.926. The molecule has 0 saturated heterocycles. The van der Waals surface area contributed by atoms with Crippen molar-refractivity contribution >= 4 is 11.6 Å². The van der Waals surface area contributed by atoms with E-state index < -0.39 is 12.1 Å². The molecule has 88 valence electrons. The van der Waals surface area contributed by atoms with Gasteiger partial charge in [0.25, 0.3) is 0 Å². The van der Waals surface area contributed by atoms with Crippen LogP contribution in [0.25, 0.3) is 0 Å². The maximum atomic E-state index is 12.7. The van der Waals surface area contributed by atoms with Crippen molar-refractivity contribution in [3.63, 3.8) is 0 Å². The highest BCUT2D eigenvalue weighted by Crippen LogP contribution is 2.44. The standard InChI is InChI=1S/C9H11F3N4/c1-2-3-13-7-6-5(9(10,11)12)4-14-8(6)16-15-7/h2,5H,1,3-4H2,(H3,13,14,15,16). The molecular weight excluding hydrogens is 221 g/mol. The van der Waals surface area contributed by atoms with Gasteiger partial charge >= 0.3 is 6.18 Å². The van der Waals surface area contributed by atoms with E-state index in [0.717, 1.165) is 0 Å². The number of hydrogen-bond acceptors (Lipinski definition) is 3. The third-order valence-electron chi connectivity index (χ3n) is 2.44. The van der Waals surface area contributed by atoms with Crippen LogP contribution < -0.4 is 10.6 Å². The number of anilines is 2. The molecule has 3 N–H and O–H groups in total. The Balaban J connectivity index is 2.29. The normalized spacial score (nSPS) is 19.1. The molecule has 4 nitrogen and oxygen atoms in total. The van der Waals surface area contributed by atoms with E-state index in [1.165, 1.54) is 0 Å². The third-order valence-corrected chi connectivity index (χ3v) is 2.44. The Bertz CT molecular complexity index is 396.